The number of hydrogen-bond donors (Lipinski definition) is 1. The largest absolute Gasteiger partial charge is 0.343 e. The smallest absolute Gasteiger partial charge is 0.316 e. The van der Waals surface area contributed by atoms with E-state index in [4.69, 9.17) is 0 Å². The highest BCUT2D eigenvalue weighted by Gasteiger charge is 2.09. The molecule has 0 aliphatic heterocycles. The molecule has 0 aromatic carbocycles. The number of nitrogens with one attached hydrogen (secondary N) is 1. The average Bonchev–Trinajstić information content (AvgIpc) is 2.28. The van der Waals surface area contributed by atoms with Crippen LogP contribution in [0.1, 0.15) is 13.3 Å². The first kappa shape index (κ1) is 16.1. The van der Waals surface area contributed by atoms with Gasteiger partial charge in [-0.1, -0.05) is 6.92 Å². The summed E-state index contributed by atoms with van der Waals surface area (Å²) in [5.41, 5.74) is 0. The Kier molecular flexibility index (Phi) is 8.66. The number of carbonyl (C=O) groups excluding carboxylic acids is 2. The van der Waals surface area contributed by atoms with E-state index in [1.165, 1.54) is 4.90 Å². The second-order valence-corrected chi connectivity index (χ2v) is 5.10. The Balaban J connectivity index is 3.67. The van der Waals surface area contributed by atoms with Crippen molar-refractivity contribution in [2.75, 3.05) is 45.7 Å². The van der Waals surface area contributed by atoms with Gasteiger partial charge in [-0.3, -0.25) is 4.79 Å². The summed E-state index contributed by atoms with van der Waals surface area (Å²) in [6, 6.07) is -0.133. The first-order valence-corrected chi connectivity index (χ1v) is 6.91. The highest BCUT2D eigenvalue weighted by Crippen LogP contribution is 2.02. The maximum atomic E-state index is 11.6. The molecule has 1 N–H and O–H groups in total. The zero-order valence-corrected chi connectivity index (χ0v) is 12.0. The van der Waals surface area contributed by atoms with Gasteiger partial charge < -0.3 is 15.1 Å². The van der Waals surface area contributed by atoms with Gasteiger partial charge in [0.25, 0.3) is 0 Å². The molecule has 0 aliphatic carbocycles. The number of hydrogen-bond acceptors (Lipinski definition) is 3. The van der Waals surface area contributed by atoms with E-state index in [9.17, 15) is 9.59 Å². The van der Waals surface area contributed by atoms with Gasteiger partial charge >= 0.3 is 6.03 Å². The van der Waals surface area contributed by atoms with Gasteiger partial charge in [0.05, 0.1) is 5.75 Å². The van der Waals surface area contributed by atoms with E-state index in [0.29, 0.717) is 18.8 Å². The number of amides is 3. The van der Waals surface area contributed by atoms with Crippen LogP contribution in [-0.2, 0) is 4.79 Å². The maximum absolute atomic E-state index is 11.6. The Labute approximate surface area is 108 Å². The van der Waals surface area contributed by atoms with Crippen LogP contribution in [-0.4, -0.2) is 67.5 Å². The van der Waals surface area contributed by atoms with E-state index < -0.39 is 0 Å². The average molecular weight is 261 g/mol. The molecule has 0 unspecified atom stereocenters. The van der Waals surface area contributed by atoms with Gasteiger partial charge in [-0.25, -0.2) is 4.79 Å². The van der Waals surface area contributed by atoms with E-state index in [2.05, 4.69) is 12.2 Å². The summed E-state index contributed by atoms with van der Waals surface area (Å²) in [6.45, 7) is 3.13. The lowest BCUT2D eigenvalue weighted by atomic mass is 10.5. The van der Waals surface area contributed by atoms with Crippen LogP contribution in [0.25, 0.3) is 0 Å². The molecule has 0 saturated carbocycles. The van der Waals surface area contributed by atoms with E-state index in [1.54, 1.807) is 37.8 Å². The zero-order valence-electron chi connectivity index (χ0n) is 11.2. The summed E-state index contributed by atoms with van der Waals surface area (Å²) in [5.74, 6) is 1.64. The standard InChI is InChI=1S/C11H23N3O2S/c1-5-8-17-9-10(15)14(4)7-6-12-11(16)13(2)3/h5-9H2,1-4H3,(H,12,16). The van der Waals surface area contributed by atoms with E-state index in [0.717, 1.165) is 12.2 Å². The van der Waals surface area contributed by atoms with Crippen LogP contribution in [0.5, 0.6) is 0 Å². The molecular formula is C11H23N3O2S. The highest BCUT2D eigenvalue weighted by molar-refractivity contribution is 7.99. The van der Waals surface area contributed by atoms with Gasteiger partial charge in [0, 0.05) is 34.2 Å². The van der Waals surface area contributed by atoms with Crippen LogP contribution in [0.2, 0.25) is 0 Å². The fraction of sp³-hybridized carbons (Fsp3) is 0.818. The minimum Gasteiger partial charge on any atom is -0.343 e. The molecule has 0 fully saturated rings. The summed E-state index contributed by atoms with van der Waals surface area (Å²) in [7, 11) is 5.13. The van der Waals surface area contributed by atoms with Gasteiger partial charge in [-0.2, -0.15) is 11.8 Å². The van der Waals surface area contributed by atoms with Crippen molar-refractivity contribution >= 4 is 23.7 Å². The zero-order chi connectivity index (χ0) is 13.3. The number of likely N-dealkylation sites (N-methyl/N-ethyl adjacent to an activating group) is 1. The fourth-order valence-corrected chi connectivity index (χ4v) is 1.86. The van der Waals surface area contributed by atoms with Crippen LogP contribution in [0.4, 0.5) is 4.79 Å². The Morgan fingerprint density at radius 3 is 2.41 bits per heavy atom. The lowest BCUT2D eigenvalue weighted by molar-refractivity contribution is -0.127. The molecule has 6 heteroatoms. The molecule has 0 saturated heterocycles. The van der Waals surface area contributed by atoms with Crippen molar-refractivity contribution in [3.63, 3.8) is 0 Å². The number of nitrogens with zero attached hydrogens (tertiary/aromatic N) is 2. The van der Waals surface area contributed by atoms with Crippen molar-refractivity contribution in [3.05, 3.63) is 0 Å². The van der Waals surface area contributed by atoms with E-state index in [1.807, 2.05) is 0 Å². The highest BCUT2D eigenvalue weighted by atomic mass is 32.2. The van der Waals surface area contributed by atoms with Gasteiger partial charge in [-0.15, -0.1) is 0 Å². The fourth-order valence-electron chi connectivity index (χ4n) is 1.03. The summed E-state index contributed by atoms with van der Waals surface area (Å²) in [6.07, 6.45) is 1.08. The van der Waals surface area contributed by atoms with Gasteiger partial charge in [0.1, 0.15) is 0 Å². The van der Waals surface area contributed by atoms with Crippen LogP contribution in [0.3, 0.4) is 0 Å². The van der Waals surface area contributed by atoms with Gasteiger partial charge in [-0.05, 0) is 12.2 Å². The third-order valence-corrected chi connectivity index (χ3v) is 3.28. The summed E-state index contributed by atoms with van der Waals surface area (Å²) < 4.78 is 0. The van der Waals surface area contributed by atoms with Gasteiger partial charge in [0.2, 0.25) is 5.91 Å². The Bertz CT molecular complexity index is 247. The van der Waals surface area contributed by atoms with Crippen molar-refractivity contribution < 1.29 is 9.59 Å². The predicted molar refractivity (Wildman–Crippen MR) is 72.3 cm³/mol. The number of rotatable bonds is 7. The van der Waals surface area contributed by atoms with Crippen LogP contribution < -0.4 is 5.32 Å². The van der Waals surface area contributed by atoms with E-state index >= 15 is 0 Å². The van der Waals surface area contributed by atoms with Crippen molar-refractivity contribution in [1.82, 2.24) is 15.1 Å². The molecular weight excluding hydrogens is 238 g/mol. The van der Waals surface area contributed by atoms with Crippen LogP contribution in [0.15, 0.2) is 0 Å². The second-order valence-electron chi connectivity index (χ2n) is 3.99. The second kappa shape index (κ2) is 9.15. The molecule has 17 heavy (non-hydrogen) atoms. The third kappa shape index (κ3) is 7.90. The van der Waals surface area contributed by atoms with Crippen molar-refractivity contribution in [2.24, 2.45) is 0 Å². The summed E-state index contributed by atoms with van der Waals surface area (Å²) >= 11 is 1.65. The monoisotopic (exact) mass is 261 g/mol. The normalized spacial score (nSPS) is 9.88. The Hall–Kier alpha value is -0.910. The molecule has 0 spiro atoms. The van der Waals surface area contributed by atoms with Crippen molar-refractivity contribution in [2.45, 2.75) is 13.3 Å². The molecule has 5 nitrogen and oxygen atoms in total. The third-order valence-electron chi connectivity index (χ3n) is 2.13. The summed E-state index contributed by atoms with van der Waals surface area (Å²) in [5, 5.41) is 2.72. The molecule has 0 aromatic heterocycles. The number of carbonyl (C=O) groups is 2. The van der Waals surface area contributed by atoms with Gasteiger partial charge in [0.15, 0.2) is 0 Å². The Morgan fingerprint density at radius 2 is 1.88 bits per heavy atom. The maximum Gasteiger partial charge on any atom is 0.316 e. The predicted octanol–water partition coefficient (Wildman–Crippen LogP) is 0.859. The number of thioether (sulfide) groups is 1. The minimum absolute atomic E-state index is 0.113. The van der Waals surface area contributed by atoms with Crippen LogP contribution in [0, 0.1) is 0 Å². The van der Waals surface area contributed by atoms with Crippen molar-refractivity contribution in [1.29, 1.82) is 0 Å². The Morgan fingerprint density at radius 1 is 1.24 bits per heavy atom. The molecule has 0 heterocycles. The molecule has 0 radical (unpaired) electrons. The lowest BCUT2D eigenvalue weighted by Gasteiger charge is -2.18. The lowest BCUT2D eigenvalue weighted by Crippen LogP contribution is -2.40. The number of urea groups is 1. The molecule has 100 valence electrons. The SMILES string of the molecule is CCCSCC(=O)N(C)CCNC(=O)N(C)C. The molecule has 0 rings (SSSR count). The van der Waals surface area contributed by atoms with E-state index in [-0.39, 0.29) is 11.9 Å². The first-order valence-electron chi connectivity index (χ1n) is 5.75. The van der Waals surface area contributed by atoms with Crippen LogP contribution >= 0.6 is 11.8 Å². The molecule has 3 amide bonds. The minimum atomic E-state index is -0.133. The summed E-state index contributed by atoms with van der Waals surface area (Å²) in [4.78, 5) is 25.9. The molecule has 0 bridgehead atoms. The molecule has 0 atom stereocenters. The first-order chi connectivity index (χ1) is 7.99. The topological polar surface area (TPSA) is 52.7 Å². The molecule has 0 aliphatic rings. The molecule has 0 aromatic rings. The van der Waals surface area contributed by atoms with Crippen molar-refractivity contribution in [3.8, 4) is 0 Å². The quantitative estimate of drug-likeness (QED) is 0.692.